The highest BCUT2D eigenvalue weighted by atomic mass is 19.1. The van der Waals surface area contributed by atoms with Crippen LogP contribution < -0.4 is 5.32 Å². The van der Waals surface area contributed by atoms with Gasteiger partial charge in [0, 0.05) is 12.2 Å². The van der Waals surface area contributed by atoms with Gasteiger partial charge in [0.2, 0.25) is 0 Å². The second kappa shape index (κ2) is 5.73. The fraction of sp³-hybridized carbons (Fsp3) is 0.385. The molecule has 1 N–H and O–H groups in total. The van der Waals surface area contributed by atoms with Crippen molar-refractivity contribution in [3.8, 4) is 11.4 Å². The second-order valence-corrected chi connectivity index (χ2v) is 4.24. The third kappa shape index (κ3) is 3.13. The Labute approximate surface area is 106 Å². The molecule has 0 bridgehead atoms. The van der Waals surface area contributed by atoms with E-state index < -0.39 is 0 Å². The first-order valence-electron chi connectivity index (χ1n) is 6.08. The zero-order valence-corrected chi connectivity index (χ0v) is 10.6. The van der Waals surface area contributed by atoms with Crippen LogP contribution in [-0.4, -0.2) is 27.4 Å². The van der Waals surface area contributed by atoms with Crippen molar-refractivity contribution in [1.29, 1.82) is 0 Å². The molecule has 96 valence electrons. The van der Waals surface area contributed by atoms with Crippen molar-refractivity contribution < 1.29 is 4.39 Å². The third-order valence-electron chi connectivity index (χ3n) is 2.64. The molecule has 0 saturated heterocycles. The fourth-order valence-corrected chi connectivity index (χ4v) is 1.82. The lowest BCUT2D eigenvalue weighted by Gasteiger charge is -2.11. The van der Waals surface area contributed by atoms with Crippen molar-refractivity contribution in [2.75, 3.05) is 6.54 Å². The highest BCUT2D eigenvalue weighted by Gasteiger charge is 2.06. The monoisotopic (exact) mass is 248 g/mol. The highest BCUT2D eigenvalue weighted by molar-refractivity contribution is 5.52. The molecule has 1 atom stereocenters. The maximum atomic E-state index is 12.8. The normalized spacial score (nSPS) is 12.6. The highest BCUT2D eigenvalue weighted by Crippen LogP contribution is 2.14. The molecule has 0 aliphatic heterocycles. The number of likely N-dealkylation sites (N-methyl/N-ethyl adjacent to an activating group) is 1. The molecule has 4 nitrogen and oxygen atoms in total. The molecule has 0 aliphatic rings. The molecule has 0 aromatic carbocycles. The predicted octanol–water partition coefficient (Wildman–Crippen LogP) is 2.08. The average Bonchev–Trinajstić information content (AvgIpc) is 2.78. The van der Waals surface area contributed by atoms with Crippen LogP contribution in [0.4, 0.5) is 4.39 Å². The quantitative estimate of drug-likeness (QED) is 0.881. The van der Waals surface area contributed by atoms with Crippen molar-refractivity contribution >= 4 is 0 Å². The van der Waals surface area contributed by atoms with Crippen LogP contribution in [0.5, 0.6) is 0 Å². The number of hydrogen-bond donors (Lipinski definition) is 1. The van der Waals surface area contributed by atoms with Crippen LogP contribution in [0.3, 0.4) is 0 Å². The lowest BCUT2D eigenvalue weighted by atomic mass is 10.3. The molecule has 18 heavy (non-hydrogen) atoms. The standard InChI is InChI=1S/C13H17FN4/c1-3-15-10(2)9-18-7-6-13(17-18)12-5-4-11(14)8-16-12/h4-8,10,15H,3,9H2,1-2H3. The number of pyridine rings is 1. The largest absolute Gasteiger partial charge is 0.313 e. The summed E-state index contributed by atoms with van der Waals surface area (Å²) in [5, 5.41) is 7.75. The van der Waals surface area contributed by atoms with Crippen molar-refractivity contribution in [3.63, 3.8) is 0 Å². The van der Waals surface area contributed by atoms with Gasteiger partial charge in [-0.05, 0) is 31.7 Å². The van der Waals surface area contributed by atoms with E-state index in [1.165, 1.54) is 12.3 Å². The lowest BCUT2D eigenvalue weighted by Crippen LogP contribution is -2.30. The molecule has 2 heterocycles. The number of rotatable bonds is 5. The Morgan fingerprint density at radius 3 is 2.83 bits per heavy atom. The van der Waals surface area contributed by atoms with Crippen LogP contribution >= 0.6 is 0 Å². The summed E-state index contributed by atoms with van der Waals surface area (Å²) in [7, 11) is 0. The van der Waals surface area contributed by atoms with E-state index >= 15 is 0 Å². The summed E-state index contributed by atoms with van der Waals surface area (Å²) >= 11 is 0. The summed E-state index contributed by atoms with van der Waals surface area (Å²) in [6, 6.07) is 5.28. The van der Waals surface area contributed by atoms with Crippen molar-refractivity contribution in [2.24, 2.45) is 0 Å². The topological polar surface area (TPSA) is 42.7 Å². The van der Waals surface area contributed by atoms with Crippen molar-refractivity contribution in [3.05, 3.63) is 36.4 Å². The summed E-state index contributed by atoms with van der Waals surface area (Å²) in [6.07, 6.45) is 3.11. The minimum absolute atomic E-state index is 0.334. The summed E-state index contributed by atoms with van der Waals surface area (Å²) in [5.74, 6) is -0.334. The summed E-state index contributed by atoms with van der Waals surface area (Å²) in [4.78, 5) is 4.01. The van der Waals surface area contributed by atoms with Gasteiger partial charge in [-0.1, -0.05) is 6.92 Å². The van der Waals surface area contributed by atoms with E-state index in [0.717, 1.165) is 18.8 Å². The van der Waals surface area contributed by atoms with Gasteiger partial charge in [0.25, 0.3) is 0 Å². The van der Waals surface area contributed by atoms with Crippen LogP contribution in [-0.2, 0) is 6.54 Å². The summed E-state index contributed by atoms with van der Waals surface area (Å²) in [5.41, 5.74) is 1.45. The van der Waals surface area contributed by atoms with Crippen LogP contribution in [0, 0.1) is 5.82 Å². The smallest absolute Gasteiger partial charge is 0.141 e. The van der Waals surface area contributed by atoms with E-state index in [-0.39, 0.29) is 5.82 Å². The maximum absolute atomic E-state index is 12.8. The zero-order valence-electron chi connectivity index (χ0n) is 10.6. The molecule has 0 amide bonds. The maximum Gasteiger partial charge on any atom is 0.141 e. The van der Waals surface area contributed by atoms with E-state index in [1.54, 1.807) is 6.07 Å². The Bertz CT molecular complexity index is 492. The van der Waals surface area contributed by atoms with Gasteiger partial charge in [-0.3, -0.25) is 9.67 Å². The van der Waals surface area contributed by atoms with Crippen LogP contribution in [0.1, 0.15) is 13.8 Å². The van der Waals surface area contributed by atoms with E-state index in [0.29, 0.717) is 11.7 Å². The van der Waals surface area contributed by atoms with Gasteiger partial charge in [0.05, 0.1) is 18.4 Å². The van der Waals surface area contributed by atoms with Crippen molar-refractivity contribution in [2.45, 2.75) is 26.4 Å². The molecular weight excluding hydrogens is 231 g/mol. The zero-order chi connectivity index (χ0) is 13.0. The molecule has 1 unspecified atom stereocenters. The molecular formula is C13H17FN4. The van der Waals surface area contributed by atoms with Gasteiger partial charge in [0.1, 0.15) is 11.5 Å². The minimum Gasteiger partial charge on any atom is -0.313 e. The Kier molecular flexibility index (Phi) is 4.04. The van der Waals surface area contributed by atoms with Crippen LogP contribution in [0.2, 0.25) is 0 Å². The first kappa shape index (κ1) is 12.7. The molecule has 2 rings (SSSR count). The van der Waals surface area contributed by atoms with Gasteiger partial charge in [-0.2, -0.15) is 5.10 Å². The molecule has 0 aliphatic carbocycles. The molecule has 5 heteroatoms. The minimum atomic E-state index is -0.334. The first-order chi connectivity index (χ1) is 8.69. The predicted molar refractivity (Wildman–Crippen MR) is 68.6 cm³/mol. The van der Waals surface area contributed by atoms with Gasteiger partial charge in [-0.15, -0.1) is 0 Å². The Morgan fingerprint density at radius 2 is 2.17 bits per heavy atom. The molecule has 0 fully saturated rings. The van der Waals surface area contributed by atoms with E-state index in [2.05, 4.69) is 29.2 Å². The number of hydrogen-bond acceptors (Lipinski definition) is 3. The number of halogens is 1. The Morgan fingerprint density at radius 1 is 1.33 bits per heavy atom. The number of aromatic nitrogens is 3. The summed E-state index contributed by atoms with van der Waals surface area (Å²) < 4.78 is 14.6. The molecule has 0 spiro atoms. The van der Waals surface area contributed by atoms with E-state index in [4.69, 9.17) is 0 Å². The van der Waals surface area contributed by atoms with Gasteiger partial charge in [0.15, 0.2) is 0 Å². The second-order valence-electron chi connectivity index (χ2n) is 4.24. The van der Waals surface area contributed by atoms with Crippen LogP contribution in [0.25, 0.3) is 11.4 Å². The van der Waals surface area contributed by atoms with Crippen LogP contribution in [0.15, 0.2) is 30.6 Å². The van der Waals surface area contributed by atoms with E-state index in [9.17, 15) is 4.39 Å². The van der Waals surface area contributed by atoms with Gasteiger partial charge >= 0.3 is 0 Å². The Hall–Kier alpha value is -1.75. The Balaban J connectivity index is 2.08. The first-order valence-corrected chi connectivity index (χ1v) is 6.08. The van der Waals surface area contributed by atoms with Gasteiger partial charge in [-0.25, -0.2) is 4.39 Å². The molecule has 0 saturated carbocycles. The number of nitrogens with one attached hydrogen (secondary N) is 1. The number of nitrogens with zero attached hydrogens (tertiary/aromatic N) is 3. The van der Waals surface area contributed by atoms with Gasteiger partial charge < -0.3 is 5.32 Å². The lowest BCUT2D eigenvalue weighted by molar-refractivity contribution is 0.462. The SMILES string of the molecule is CCNC(C)Cn1ccc(-c2ccc(F)cn2)n1. The average molecular weight is 248 g/mol. The molecule has 2 aromatic rings. The summed E-state index contributed by atoms with van der Waals surface area (Å²) in [6.45, 7) is 5.93. The fourth-order valence-electron chi connectivity index (χ4n) is 1.82. The third-order valence-corrected chi connectivity index (χ3v) is 2.64. The van der Waals surface area contributed by atoms with Crippen molar-refractivity contribution in [1.82, 2.24) is 20.1 Å². The molecule has 0 radical (unpaired) electrons. The van der Waals surface area contributed by atoms with E-state index in [1.807, 2.05) is 16.9 Å². The molecule has 2 aromatic heterocycles.